The van der Waals surface area contributed by atoms with Crippen LogP contribution >= 0.6 is 0 Å². The highest BCUT2D eigenvalue weighted by atomic mass is 14.9. The topological polar surface area (TPSA) is 37.8 Å². The summed E-state index contributed by atoms with van der Waals surface area (Å²) in [6.45, 7) is 2.18. The van der Waals surface area contributed by atoms with E-state index in [-0.39, 0.29) is 0 Å². The molecule has 3 nitrogen and oxygen atoms in total. The molecule has 1 aromatic heterocycles. The van der Waals surface area contributed by atoms with Gasteiger partial charge in [0, 0.05) is 0 Å². The Kier molecular flexibility index (Phi) is 3.47. The van der Waals surface area contributed by atoms with Crippen molar-refractivity contribution >= 4 is 11.0 Å². The van der Waals surface area contributed by atoms with Crippen LogP contribution in [0.3, 0.4) is 0 Å². The number of benzene rings is 1. The minimum Gasteiger partial charge on any atom is -0.312 e. The predicted octanol–water partition coefficient (Wildman–Crippen LogP) is 2.69. The zero-order valence-corrected chi connectivity index (χ0v) is 9.77. The molecule has 2 aromatic rings. The molecule has 0 fully saturated rings. The third-order valence-corrected chi connectivity index (χ3v) is 2.75. The number of nitrogens with one attached hydrogen (secondary N) is 1. The molecule has 1 unspecified atom stereocenters. The molecule has 1 aromatic carbocycles. The van der Waals surface area contributed by atoms with Crippen LogP contribution in [0.15, 0.2) is 30.5 Å². The molecule has 0 aliphatic rings. The van der Waals surface area contributed by atoms with Crippen molar-refractivity contribution in [3.05, 3.63) is 36.2 Å². The Hall–Kier alpha value is -1.48. The Morgan fingerprint density at radius 2 is 2.00 bits per heavy atom. The van der Waals surface area contributed by atoms with Crippen molar-refractivity contribution in [1.29, 1.82) is 0 Å². The quantitative estimate of drug-likeness (QED) is 0.852. The van der Waals surface area contributed by atoms with Gasteiger partial charge in [-0.25, -0.2) is 4.98 Å². The van der Waals surface area contributed by atoms with Gasteiger partial charge in [0.2, 0.25) is 0 Å². The maximum Gasteiger partial charge on any atom is 0.0890 e. The second kappa shape index (κ2) is 5.03. The first-order chi connectivity index (χ1) is 7.85. The number of fused-ring (bicyclic) bond motifs is 1. The van der Waals surface area contributed by atoms with Gasteiger partial charge in [-0.05, 0) is 25.6 Å². The van der Waals surface area contributed by atoms with Crippen LogP contribution in [0, 0.1) is 0 Å². The van der Waals surface area contributed by atoms with E-state index in [4.69, 9.17) is 0 Å². The summed E-state index contributed by atoms with van der Waals surface area (Å²) < 4.78 is 0. The molecule has 84 valence electrons. The highest BCUT2D eigenvalue weighted by Crippen LogP contribution is 2.17. The van der Waals surface area contributed by atoms with Gasteiger partial charge >= 0.3 is 0 Å². The summed E-state index contributed by atoms with van der Waals surface area (Å²) in [5, 5.41) is 3.28. The Bertz CT molecular complexity index is 467. The van der Waals surface area contributed by atoms with Crippen molar-refractivity contribution in [2.24, 2.45) is 0 Å². The maximum absolute atomic E-state index is 4.64. The third-order valence-electron chi connectivity index (χ3n) is 2.75. The normalized spacial score (nSPS) is 12.9. The first kappa shape index (κ1) is 11.0. The minimum atomic E-state index is 0.308. The van der Waals surface area contributed by atoms with Crippen LogP contribution in [0.5, 0.6) is 0 Å². The van der Waals surface area contributed by atoms with Crippen LogP contribution in [0.25, 0.3) is 11.0 Å². The lowest BCUT2D eigenvalue weighted by molar-refractivity contribution is 0.528. The van der Waals surface area contributed by atoms with Crippen molar-refractivity contribution in [2.75, 3.05) is 7.05 Å². The van der Waals surface area contributed by atoms with Gasteiger partial charge in [0.15, 0.2) is 0 Å². The lowest BCUT2D eigenvalue weighted by Crippen LogP contribution is -2.17. The fourth-order valence-electron chi connectivity index (χ4n) is 1.87. The van der Waals surface area contributed by atoms with E-state index >= 15 is 0 Å². The lowest BCUT2D eigenvalue weighted by Gasteiger charge is -2.14. The molecular weight excluding hydrogens is 198 g/mol. The van der Waals surface area contributed by atoms with Gasteiger partial charge < -0.3 is 5.32 Å². The fraction of sp³-hybridized carbons (Fsp3) is 0.385. The SMILES string of the molecule is CCCC(NC)c1cnc2ccccc2n1. The zero-order chi connectivity index (χ0) is 11.4. The molecule has 0 saturated carbocycles. The summed E-state index contributed by atoms with van der Waals surface area (Å²) in [7, 11) is 1.97. The predicted molar refractivity (Wildman–Crippen MR) is 66.2 cm³/mol. The molecule has 2 rings (SSSR count). The number of hydrogen-bond acceptors (Lipinski definition) is 3. The van der Waals surface area contributed by atoms with Crippen molar-refractivity contribution in [3.8, 4) is 0 Å². The van der Waals surface area contributed by atoms with Gasteiger partial charge in [-0.15, -0.1) is 0 Å². The largest absolute Gasteiger partial charge is 0.312 e. The van der Waals surface area contributed by atoms with E-state index < -0.39 is 0 Å². The van der Waals surface area contributed by atoms with Gasteiger partial charge in [-0.3, -0.25) is 4.98 Å². The second-order valence-electron chi connectivity index (χ2n) is 3.91. The highest BCUT2D eigenvalue weighted by molar-refractivity contribution is 5.73. The average Bonchev–Trinajstić information content (AvgIpc) is 2.35. The molecule has 0 bridgehead atoms. The van der Waals surface area contributed by atoms with Crippen LogP contribution in [-0.4, -0.2) is 17.0 Å². The monoisotopic (exact) mass is 215 g/mol. The smallest absolute Gasteiger partial charge is 0.0890 e. The van der Waals surface area contributed by atoms with Crippen molar-refractivity contribution in [2.45, 2.75) is 25.8 Å². The van der Waals surface area contributed by atoms with E-state index in [1.807, 2.05) is 37.5 Å². The maximum atomic E-state index is 4.64. The molecule has 3 heteroatoms. The summed E-state index contributed by atoms with van der Waals surface area (Å²) >= 11 is 0. The molecule has 1 atom stereocenters. The number of nitrogens with zero attached hydrogens (tertiary/aromatic N) is 2. The standard InChI is InChI=1S/C13H17N3/c1-3-6-10(14-2)13-9-15-11-7-4-5-8-12(11)16-13/h4-5,7-10,14H,3,6H2,1-2H3. The summed E-state index contributed by atoms with van der Waals surface area (Å²) in [6, 6.07) is 8.28. The Morgan fingerprint density at radius 3 is 2.69 bits per heavy atom. The van der Waals surface area contributed by atoms with Gasteiger partial charge in [0.05, 0.1) is 29.0 Å². The number of hydrogen-bond donors (Lipinski definition) is 1. The summed E-state index contributed by atoms with van der Waals surface area (Å²) in [5.74, 6) is 0. The van der Waals surface area contributed by atoms with E-state index in [2.05, 4.69) is 22.2 Å². The van der Waals surface area contributed by atoms with Crippen LogP contribution in [-0.2, 0) is 0 Å². The number of rotatable bonds is 4. The zero-order valence-electron chi connectivity index (χ0n) is 9.77. The van der Waals surface area contributed by atoms with Gasteiger partial charge in [-0.2, -0.15) is 0 Å². The van der Waals surface area contributed by atoms with Crippen molar-refractivity contribution < 1.29 is 0 Å². The van der Waals surface area contributed by atoms with E-state index in [9.17, 15) is 0 Å². The molecule has 16 heavy (non-hydrogen) atoms. The number of para-hydroxylation sites is 2. The summed E-state index contributed by atoms with van der Waals surface area (Å²) in [4.78, 5) is 9.07. The fourth-order valence-corrected chi connectivity index (χ4v) is 1.87. The molecule has 0 radical (unpaired) electrons. The van der Waals surface area contributed by atoms with E-state index in [1.165, 1.54) is 0 Å². The number of aromatic nitrogens is 2. The molecular formula is C13H17N3. The van der Waals surface area contributed by atoms with Crippen LogP contribution in [0.1, 0.15) is 31.5 Å². The van der Waals surface area contributed by atoms with Gasteiger partial charge in [-0.1, -0.05) is 25.5 Å². The first-order valence-corrected chi connectivity index (χ1v) is 5.74. The van der Waals surface area contributed by atoms with E-state index in [0.717, 1.165) is 29.6 Å². The van der Waals surface area contributed by atoms with Crippen LogP contribution < -0.4 is 5.32 Å². The summed E-state index contributed by atoms with van der Waals surface area (Å²) in [5.41, 5.74) is 2.96. The average molecular weight is 215 g/mol. The Balaban J connectivity index is 2.37. The molecule has 1 N–H and O–H groups in total. The molecule has 0 aliphatic carbocycles. The van der Waals surface area contributed by atoms with Crippen LogP contribution in [0.2, 0.25) is 0 Å². The van der Waals surface area contributed by atoms with Gasteiger partial charge in [0.25, 0.3) is 0 Å². The second-order valence-corrected chi connectivity index (χ2v) is 3.91. The summed E-state index contributed by atoms with van der Waals surface area (Å²) in [6.07, 6.45) is 4.10. The molecule has 0 amide bonds. The van der Waals surface area contributed by atoms with Crippen molar-refractivity contribution in [3.63, 3.8) is 0 Å². The molecule has 0 aliphatic heterocycles. The first-order valence-electron chi connectivity index (χ1n) is 5.74. The highest BCUT2D eigenvalue weighted by Gasteiger charge is 2.10. The van der Waals surface area contributed by atoms with E-state index in [0.29, 0.717) is 6.04 Å². The van der Waals surface area contributed by atoms with Gasteiger partial charge in [0.1, 0.15) is 0 Å². The Morgan fingerprint density at radius 1 is 1.25 bits per heavy atom. The third kappa shape index (κ3) is 2.19. The Labute approximate surface area is 95.9 Å². The molecule has 0 saturated heterocycles. The lowest BCUT2D eigenvalue weighted by atomic mass is 10.1. The van der Waals surface area contributed by atoms with E-state index in [1.54, 1.807) is 0 Å². The van der Waals surface area contributed by atoms with Crippen LogP contribution in [0.4, 0.5) is 0 Å². The minimum absolute atomic E-state index is 0.308. The van der Waals surface area contributed by atoms with Crippen molar-refractivity contribution in [1.82, 2.24) is 15.3 Å². The molecule has 0 spiro atoms. The molecule has 1 heterocycles.